The molecule has 2 fully saturated rings. The van der Waals surface area contributed by atoms with Crippen molar-refractivity contribution in [3.05, 3.63) is 77.0 Å². The van der Waals surface area contributed by atoms with Gasteiger partial charge in [0, 0.05) is 44.0 Å². The fourth-order valence-electron chi connectivity index (χ4n) is 5.68. The number of halogens is 2. The standard InChI is InChI=1S/C30H28F2N6O5S/c1-4-23(40)36-12-13-37(16(2)15-36)28-18-14-20(32)26(24-19(31)6-5-7-21(24)39)34-29(18)38(30(41)35-28)27-22(44(3,42)43)10-11-33-25(27)17-8-9-17/h4-7,10-11,14,16-17,39H,1,8-9,12-13,15H2,2-3H3/t16-/m0/s1. The van der Waals surface area contributed by atoms with Gasteiger partial charge >= 0.3 is 5.69 Å². The summed E-state index contributed by atoms with van der Waals surface area (Å²) in [5.41, 5.74) is -1.92. The quantitative estimate of drug-likeness (QED) is 0.321. The predicted molar refractivity (Wildman–Crippen MR) is 159 cm³/mol. The van der Waals surface area contributed by atoms with Crippen LogP contribution in [0.1, 0.15) is 31.4 Å². The largest absolute Gasteiger partial charge is 0.507 e. The summed E-state index contributed by atoms with van der Waals surface area (Å²) in [6, 6.07) is 5.40. The maximum atomic E-state index is 15.9. The Bertz CT molecular complexity index is 2010. The lowest BCUT2D eigenvalue weighted by molar-refractivity contribution is -0.126. The second-order valence-corrected chi connectivity index (χ2v) is 13.0. The normalized spacial score (nSPS) is 17.2. The molecule has 228 valence electrons. The Morgan fingerprint density at radius 1 is 1.14 bits per heavy atom. The molecule has 11 nitrogen and oxygen atoms in total. The summed E-state index contributed by atoms with van der Waals surface area (Å²) in [5.74, 6) is -2.85. The zero-order chi connectivity index (χ0) is 31.5. The van der Waals surface area contributed by atoms with E-state index in [2.05, 4.69) is 21.5 Å². The Morgan fingerprint density at radius 3 is 2.52 bits per heavy atom. The molecule has 4 heterocycles. The van der Waals surface area contributed by atoms with E-state index < -0.39 is 44.2 Å². The van der Waals surface area contributed by atoms with Crippen molar-refractivity contribution < 1.29 is 27.1 Å². The van der Waals surface area contributed by atoms with Gasteiger partial charge in [-0.3, -0.25) is 9.78 Å². The number of rotatable bonds is 6. The highest BCUT2D eigenvalue weighted by Crippen LogP contribution is 2.44. The number of hydrogen-bond acceptors (Lipinski definition) is 9. The number of benzene rings is 1. The summed E-state index contributed by atoms with van der Waals surface area (Å²) < 4.78 is 57.9. The van der Waals surface area contributed by atoms with Crippen LogP contribution in [0.25, 0.3) is 28.0 Å². The molecule has 1 aliphatic heterocycles. The summed E-state index contributed by atoms with van der Waals surface area (Å²) in [7, 11) is -3.92. The van der Waals surface area contributed by atoms with Gasteiger partial charge in [-0.15, -0.1) is 0 Å². The lowest BCUT2D eigenvalue weighted by Crippen LogP contribution is -2.54. The third kappa shape index (κ3) is 4.98. The second kappa shape index (κ2) is 10.8. The molecule has 1 amide bonds. The molecule has 4 aromatic rings. The van der Waals surface area contributed by atoms with E-state index in [4.69, 9.17) is 0 Å². The van der Waals surface area contributed by atoms with Gasteiger partial charge in [-0.2, -0.15) is 4.98 Å². The van der Waals surface area contributed by atoms with Crippen molar-refractivity contribution in [2.75, 3.05) is 30.8 Å². The molecule has 6 rings (SSSR count). The minimum atomic E-state index is -3.92. The van der Waals surface area contributed by atoms with E-state index in [1.807, 2.05) is 6.92 Å². The molecular weight excluding hydrogens is 594 g/mol. The van der Waals surface area contributed by atoms with Crippen molar-refractivity contribution in [2.24, 2.45) is 0 Å². The number of aromatic nitrogens is 4. The van der Waals surface area contributed by atoms with Crippen molar-refractivity contribution in [3.63, 3.8) is 0 Å². The fraction of sp³-hybridized carbons (Fsp3) is 0.300. The molecule has 0 radical (unpaired) electrons. The molecule has 1 N–H and O–H groups in total. The van der Waals surface area contributed by atoms with Crippen molar-refractivity contribution in [1.29, 1.82) is 0 Å². The Labute approximate surface area is 251 Å². The number of carbonyl (C=O) groups is 1. The van der Waals surface area contributed by atoms with Crippen LogP contribution in [0.4, 0.5) is 14.6 Å². The highest BCUT2D eigenvalue weighted by molar-refractivity contribution is 7.90. The predicted octanol–water partition coefficient (Wildman–Crippen LogP) is 3.33. The van der Waals surface area contributed by atoms with Gasteiger partial charge in [0.15, 0.2) is 21.3 Å². The molecule has 1 saturated heterocycles. The van der Waals surface area contributed by atoms with Crippen LogP contribution < -0.4 is 10.6 Å². The SMILES string of the molecule is C=CC(=O)N1CCN(c2nc(=O)n(-c3c(S(C)(=O)=O)ccnc3C3CC3)c3nc(-c4c(O)cccc4F)c(F)cc23)[C@@H](C)C1. The Balaban J connectivity index is 1.69. The molecular formula is C30H28F2N6O5S. The maximum absolute atomic E-state index is 15.9. The van der Waals surface area contributed by atoms with Crippen molar-refractivity contribution in [2.45, 2.75) is 36.6 Å². The zero-order valence-corrected chi connectivity index (χ0v) is 24.7. The Morgan fingerprint density at radius 2 is 1.89 bits per heavy atom. The summed E-state index contributed by atoms with van der Waals surface area (Å²) in [5, 5.41) is 10.5. The van der Waals surface area contributed by atoms with Gasteiger partial charge in [0.2, 0.25) is 5.91 Å². The van der Waals surface area contributed by atoms with Gasteiger partial charge in [0.25, 0.3) is 0 Å². The molecule has 1 saturated carbocycles. The number of fused-ring (bicyclic) bond motifs is 1. The number of phenols is 1. The van der Waals surface area contributed by atoms with Crippen LogP contribution in [0.5, 0.6) is 5.75 Å². The molecule has 44 heavy (non-hydrogen) atoms. The number of phenolic OH excluding ortho intramolecular Hbond substituents is 1. The van der Waals surface area contributed by atoms with Gasteiger partial charge in [0.05, 0.1) is 27.2 Å². The summed E-state index contributed by atoms with van der Waals surface area (Å²) >= 11 is 0. The van der Waals surface area contributed by atoms with Gasteiger partial charge < -0.3 is 14.9 Å². The number of amides is 1. The van der Waals surface area contributed by atoms with Crippen molar-refractivity contribution >= 4 is 32.6 Å². The van der Waals surface area contributed by atoms with E-state index in [0.29, 0.717) is 18.5 Å². The second-order valence-electron chi connectivity index (χ2n) is 11.0. The van der Waals surface area contributed by atoms with E-state index in [-0.39, 0.29) is 64.9 Å². The highest BCUT2D eigenvalue weighted by atomic mass is 32.2. The third-order valence-electron chi connectivity index (χ3n) is 7.92. The summed E-state index contributed by atoms with van der Waals surface area (Å²) in [6.07, 6.45) is 4.99. The molecule has 1 aromatic carbocycles. The molecule has 3 aromatic heterocycles. The number of aromatic hydroxyl groups is 1. The van der Waals surface area contributed by atoms with Crippen LogP contribution in [0, 0.1) is 11.6 Å². The topological polar surface area (TPSA) is 139 Å². The summed E-state index contributed by atoms with van der Waals surface area (Å²) in [6.45, 7) is 6.11. The fourth-order valence-corrected chi connectivity index (χ4v) is 6.54. The van der Waals surface area contributed by atoms with Crippen LogP contribution >= 0.6 is 0 Å². The van der Waals surface area contributed by atoms with Gasteiger partial charge in [0.1, 0.15) is 23.1 Å². The van der Waals surface area contributed by atoms with Gasteiger partial charge in [-0.05, 0) is 50.1 Å². The summed E-state index contributed by atoms with van der Waals surface area (Å²) in [4.78, 5) is 42.6. The number of anilines is 1. The van der Waals surface area contributed by atoms with Crippen LogP contribution in [0.3, 0.4) is 0 Å². The molecule has 1 atom stereocenters. The smallest absolute Gasteiger partial charge is 0.355 e. The van der Waals surface area contributed by atoms with Crippen LogP contribution in [0.2, 0.25) is 0 Å². The molecule has 0 spiro atoms. The lowest BCUT2D eigenvalue weighted by Gasteiger charge is -2.40. The average Bonchev–Trinajstić information content (AvgIpc) is 3.82. The number of pyridine rings is 2. The minimum Gasteiger partial charge on any atom is -0.507 e. The minimum absolute atomic E-state index is 0.0436. The molecule has 0 bridgehead atoms. The third-order valence-corrected chi connectivity index (χ3v) is 9.05. The van der Waals surface area contributed by atoms with E-state index in [9.17, 15) is 27.5 Å². The molecule has 2 aliphatic rings. The number of carbonyl (C=O) groups excluding carboxylic acids is 1. The first-order valence-corrected chi connectivity index (χ1v) is 15.8. The van der Waals surface area contributed by atoms with Gasteiger partial charge in [-0.25, -0.2) is 31.5 Å². The Hall–Kier alpha value is -4.72. The van der Waals surface area contributed by atoms with Gasteiger partial charge in [-0.1, -0.05) is 12.6 Å². The van der Waals surface area contributed by atoms with E-state index in [1.54, 1.807) is 9.80 Å². The van der Waals surface area contributed by atoms with Crippen molar-refractivity contribution in [3.8, 4) is 22.7 Å². The zero-order valence-electron chi connectivity index (χ0n) is 23.9. The molecule has 14 heteroatoms. The highest BCUT2D eigenvalue weighted by Gasteiger charge is 2.35. The van der Waals surface area contributed by atoms with Crippen LogP contribution in [-0.2, 0) is 14.6 Å². The molecule has 1 aliphatic carbocycles. The monoisotopic (exact) mass is 622 g/mol. The van der Waals surface area contributed by atoms with E-state index in [1.165, 1.54) is 30.5 Å². The van der Waals surface area contributed by atoms with Crippen LogP contribution in [0.15, 0.2) is 58.9 Å². The van der Waals surface area contributed by atoms with Crippen molar-refractivity contribution in [1.82, 2.24) is 24.4 Å². The van der Waals surface area contributed by atoms with Crippen LogP contribution in [-0.4, -0.2) is 75.8 Å². The number of nitrogens with zero attached hydrogens (tertiary/aromatic N) is 6. The number of piperazine rings is 1. The average molecular weight is 623 g/mol. The number of hydrogen-bond donors (Lipinski definition) is 1. The maximum Gasteiger partial charge on any atom is 0.355 e. The lowest BCUT2D eigenvalue weighted by atomic mass is 10.1. The first-order valence-electron chi connectivity index (χ1n) is 13.9. The van der Waals surface area contributed by atoms with E-state index >= 15 is 4.39 Å². The number of sulfone groups is 1. The first-order chi connectivity index (χ1) is 20.9. The molecule has 0 unspecified atom stereocenters. The Kier molecular flexibility index (Phi) is 7.19. The van der Waals surface area contributed by atoms with E-state index in [0.717, 1.165) is 23.0 Å². The first kappa shape index (κ1) is 29.4.